The van der Waals surface area contributed by atoms with Crippen LogP contribution in [0, 0.1) is 5.82 Å². The van der Waals surface area contributed by atoms with Crippen LogP contribution in [0.2, 0.25) is 0 Å². The van der Waals surface area contributed by atoms with Gasteiger partial charge in [0, 0.05) is 0 Å². The number of hydrogen-bond donors (Lipinski definition) is 2. The Morgan fingerprint density at radius 1 is 1.67 bits per heavy atom. The molecule has 4 nitrogen and oxygen atoms in total. The zero-order valence-electron chi connectivity index (χ0n) is 7.61. The van der Waals surface area contributed by atoms with Gasteiger partial charge in [0.2, 0.25) is 0 Å². The highest BCUT2D eigenvalue weighted by atomic mass is 79.9. The fraction of sp³-hybridized carbons (Fsp3) is 0.222. The highest BCUT2D eigenvalue weighted by Gasteiger charge is 2.13. The van der Waals surface area contributed by atoms with E-state index < -0.39 is 17.8 Å². The summed E-state index contributed by atoms with van der Waals surface area (Å²) in [6.07, 6.45) is 0. The van der Waals surface area contributed by atoms with Crippen LogP contribution in [-0.4, -0.2) is 23.7 Å². The molecule has 0 aromatic heterocycles. The smallest absolute Gasteiger partial charge is 0.324 e. The molecule has 1 aromatic rings. The van der Waals surface area contributed by atoms with Crippen molar-refractivity contribution >= 4 is 21.9 Å². The number of nitrogens with two attached hydrogens (primary N) is 1. The molecule has 0 aliphatic heterocycles. The summed E-state index contributed by atoms with van der Waals surface area (Å²) in [6.45, 7) is -0.167. The summed E-state index contributed by atoms with van der Waals surface area (Å²) in [6, 6.07) is 2.74. The van der Waals surface area contributed by atoms with Gasteiger partial charge in [-0.25, -0.2) is 4.39 Å². The van der Waals surface area contributed by atoms with Crippen LogP contribution in [0.1, 0.15) is 0 Å². The van der Waals surface area contributed by atoms with Crippen LogP contribution in [0.15, 0.2) is 22.7 Å². The average Bonchev–Trinajstić information content (AvgIpc) is 2.15. The molecule has 0 amide bonds. The highest BCUT2D eigenvalue weighted by molar-refractivity contribution is 9.10. The molecule has 6 heteroatoms. The van der Waals surface area contributed by atoms with Gasteiger partial charge < -0.3 is 15.6 Å². The zero-order valence-corrected chi connectivity index (χ0v) is 9.20. The van der Waals surface area contributed by atoms with Crippen molar-refractivity contribution < 1.29 is 19.0 Å². The average molecular weight is 278 g/mol. The van der Waals surface area contributed by atoms with Crippen LogP contribution in [0.5, 0.6) is 5.75 Å². The Hall–Kier alpha value is -1.14. The molecule has 1 rings (SSSR count). The molecule has 0 unspecified atom stereocenters. The van der Waals surface area contributed by atoms with Crippen molar-refractivity contribution in [3.8, 4) is 5.75 Å². The number of hydrogen-bond acceptors (Lipinski definition) is 3. The Kier molecular flexibility index (Phi) is 4.05. The number of aliphatic carboxylic acids is 1. The lowest BCUT2D eigenvalue weighted by Gasteiger charge is -2.10. The minimum absolute atomic E-state index is 0.167. The molecule has 0 aliphatic carbocycles. The van der Waals surface area contributed by atoms with Crippen molar-refractivity contribution in [3.63, 3.8) is 0 Å². The second-order valence-electron chi connectivity index (χ2n) is 2.83. The van der Waals surface area contributed by atoms with E-state index in [-0.39, 0.29) is 6.61 Å². The summed E-state index contributed by atoms with van der Waals surface area (Å²) in [7, 11) is 0. The summed E-state index contributed by atoms with van der Waals surface area (Å²) >= 11 is 3.08. The van der Waals surface area contributed by atoms with Crippen molar-refractivity contribution in [2.24, 2.45) is 5.73 Å². The Bertz CT molecular complexity index is 372. The first kappa shape index (κ1) is 11.9. The first-order chi connectivity index (χ1) is 7.00. The lowest BCUT2D eigenvalue weighted by molar-refractivity contribution is -0.139. The Balaban J connectivity index is 2.62. The van der Waals surface area contributed by atoms with Crippen molar-refractivity contribution in [1.82, 2.24) is 0 Å². The SMILES string of the molecule is N[C@@H](COc1ccc(F)cc1Br)C(=O)O. The summed E-state index contributed by atoms with van der Waals surface area (Å²) in [5.74, 6) is -1.20. The van der Waals surface area contributed by atoms with E-state index in [0.717, 1.165) is 0 Å². The highest BCUT2D eigenvalue weighted by Crippen LogP contribution is 2.25. The van der Waals surface area contributed by atoms with Gasteiger partial charge >= 0.3 is 5.97 Å². The van der Waals surface area contributed by atoms with E-state index >= 15 is 0 Å². The van der Waals surface area contributed by atoms with Crippen LogP contribution in [0.4, 0.5) is 4.39 Å². The molecule has 0 fully saturated rings. The maximum Gasteiger partial charge on any atom is 0.324 e. The Morgan fingerprint density at radius 3 is 2.87 bits per heavy atom. The maximum atomic E-state index is 12.7. The standard InChI is InChI=1S/C9H9BrFNO3/c10-6-3-5(11)1-2-8(6)15-4-7(12)9(13)14/h1-3,7H,4,12H2,(H,13,14)/t7-/m0/s1. The van der Waals surface area contributed by atoms with E-state index in [1.54, 1.807) is 0 Å². The van der Waals surface area contributed by atoms with E-state index in [9.17, 15) is 9.18 Å². The molecule has 0 saturated carbocycles. The lowest BCUT2D eigenvalue weighted by atomic mass is 10.3. The predicted molar refractivity (Wildman–Crippen MR) is 55.2 cm³/mol. The first-order valence-electron chi connectivity index (χ1n) is 4.07. The fourth-order valence-corrected chi connectivity index (χ4v) is 1.31. The van der Waals surface area contributed by atoms with Gasteiger partial charge in [-0.05, 0) is 34.1 Å². The molecule has 0 saturated heterocycles. The minimum Gasteiger partial charge on any atom is -0.490 e. The van der Waals surface area contributed by atoms with E-state index in [1.807, 2.05) is 0 Å². The van der Waals surface area contributed by atoms with Crippen molar-refractivity contribution in [3.05, 3.63) is 28.5 Å². The van der Waals surface area contributed by atoms with Gasteiger partial charge in [-0.15, -0.1) is 0 Å². The normalized spacial score (nSPS) is 12.2. The largest absolute Gasteiger partial charge is 0.490 e. The van der Waals surface area contributed by atoms with E-state index in [4.69, 9.17) is 15.6 Å². The molecule has 0 spiro atoms. The number of carboxylic acid groups (broad SMARTS) is 1. The number of ether oxygens (including phenoxy) is 1. The van der Waals surface area contributed by atoms with E-state index in [0.29, 0.717) is 10.2 Å². The molecule has 1 aromatic carbocycles. The number of benzene rings is 1. The zero-order chi connectivity index (χ0) is 11.4. The Labute approximate surface area is 94.0 Å². The quantitative estimate of drug-likeness (QED) is 0.872. The van der Waals surface area contributed by atoms with Crippen LogP contribution in [0.3, 0.4) is 0 Å². The molecule has 0 bridgehead atoms. The number of rotatable bonds is 4. The van der Waals surface area contributed by atoms with Gasteiger partial charge in [-0.2, -0.15) is 0 Å². The fourth-order valence-electron chi connectivity index (χ4n) is 0.843. The predicted octanol–water partition coefficient (Wildman–Crippen LogP) is 1.38. The molecular weight excluding hydrogens is 269 g/mol. The first-order valence-corrected chi connectivity index (χ1v) is 4.86. The molecule has 0 aliphatic rings. The van der Waals surface area contributed by atoms with Gasteiger partial charge in [0.05, 0.1) is 4.47 Å². The Morgan fingerprint density at radius 2 is 2.33 bits per heavy atom. The lowest BCUT2D eigenvalue weighted by Crippen LogP contribution is -2.36. The van der Waals surface area contributed by atoms with Gasteiger partial charge in [0.25, 0.3) is 0 Å². The van der Waals surface area contributed by atoms with Gasteiger partial charge in [0.15, 0.2) is 0 Å². The summed E-state index contributed by atoms with van der Waals surface area (Å²) in [5, 5.41) is 8.50. The number of halogens is 2. The third kappa shape index (κ3) is 3.49. The number of carbonyl (C=O) groups is 1. The van der Waals surface area contributed by atoms with Gasteiger partial charge in [-0.1, -0.05) is 0 Å². The van der Waals surface area contributed by atoms with Gasteiger partial charge in [-0.3, -0.25) is 4.79 Å². The van der Waals surface area contributed by atoms with Crippen LogP contribution in [0.25, 0.3) is 0 Å². The van der Waals surface area contributed by atoms with Gasteiger partial charge in [0.1, 0.15) is 24.2 Å². The maximum absolute atomic E-state index is 12.7. The molecule has 0 radical (unpaired) electrons. The molecule has 0 heterocycles. The second kappa shape index (κ2) is 5.09. The molecule has 3 N–H and O–H groups in total. The third-order valence-corrected chi connectivity index (χ3v) is 2.25. The summed E-state index contributed by atoms with van der Waals surface area (Å²) in [5.41, 5.74) is 5.23. The van der Waals surface area contributed by atoms with Crippen LogP contribution >= 0.6 is 15.9 Å². The molecular formula is C9H9BrFNO3. The summed E-state index contributed by atoms with van der Waals surface area (Å²) < 4.78 is 18.2. The summed E-state index contributed by atoms with van der Waals surface area (Å²) in [4.78, 5) is 10.4. The topological polar surface area (TPSA) is 72.5 Å². The third-order valence-electron chi connectivity index (χ3n) is 1.63. The molecule has 1 atom stereocenters. The minimum atomic E-state index is -1.15. The monoisotopic (exact) mass is 277 g/mol. The van der Waals surface area contributed by atoms with Crippen LogP contribution in [-0.2, 0) is 4.79 Å². The van der Waals surface area contributed by atoms with Crippen molar-refractivity contribution in [1.29, 1.82) is 0 Å². The van der Waals surface area contributed by atoms with Crippen molar-refractivity contribution in [2.75, 3.05) is 6.61 Å². The molecule has 15 heavy (non-hydrogen) atoms. The number of carboxylic acids is 1. The van der Waals surface area contributed by atoms with E-state index in [2.05, 4.69) is 15.9 Å². The van der Waals surface area contributed by atoms with E-state index in [1.165, 1.54) is 18.2 Å². The molecule has 82 valence electrons. The van der Waals surface area contributed by atoms with Crippen LogP contribution < -0.4 is 10.5 Å². The second-order valence-corrected chi connectivity index (χ2v) is 3.68. The van der Waals surface area contributed by atoms with Crippen molar-refractivity contribution in [2.45, 2.75) is 6.04 Å².